The lowest BCUT2D eigenvalue weighted by Crippen LogP contribution is -2.35. The lowest BCUT2D eigenvalue weighted by molar-refractivity contribution is 0.382. The third-order valence-electron chi connectivity index (χ3n) is 3.00. The van der Waals surface area contributed by atoms with Crippen LogP contribution in [-0.4, -0.2) is 17.3 Å². The molecule has 2 nitrogen and oxygen atoms in total. The molecule has 2 heteroatoms. The summed E-state index contributed by atoms with van der Waals surface area (Å²) in [6, 6.07) is 8.58. The van der Waals surface area contributed by atoms with Crippen LogP contribution in [-0.2, 0) is 13.0 Å². The van der Waals surface area contributed by atoms with Crippen LogP contribution in [0.25, 0.3) is 0 Å². The Morgan fingerprint density at radius 3 is 2.80 bits per heavy atom. The maximum absolute atomic E-state index is 7.95. The van der Waals surface area contributed by atoms with Crippen LogP contribution in [0.5, 0.6) is 0 Å². The number of benzene rings is 1. The summed E-state index contributed by atoms with van der Waals surface area (Å²) >= 11 is 0. The fourth-order valence-corrected chi connectivity index (χ4v) is 2.12. The van der Waals surface area contributed by atoms with Crippen molar-refractivity contribution in [2.45, 2.75) is 32.7 Å². The Morgan fingerprint density at radius 1 is 1.33 bits per heavy atom. The fourth-order valence-electron chi connectivity index (χ4n) is 2.12. The Bertz CT molecular complexity index is 357. The maximum Gasteiger partial charge on any atom is 0.0960 e. The van der Waals surface area contributed by atoms with Crippen LogP contribution in [0, 0.1) is 5.41 Å². The molecule has 15 heavy (non-hydrogen) atoms. The molecule has 1 heterocycles. The molecule has 0 unspecified atom stereocenters. The first-order valence-corrected chi connectivity index (χ1v) is 5.70. The van der Waals surface area contributed by atoms with Gasteiger partial charge in [0, 0.05) is 19.5 Å². The van der Waals surface area contributed by atoms with Crippen molar-refractivity contribution in [2.75, 3.05) is 6.54 Å². The van der Waals surface area contributed by atoms with Gasteiger partial charge in [-0.2, -0.15) is 0 Å². The molecule has 80 valence electrons. The fraction of sp³-hybridized carbons (Fsp3) is 0.462. The number of nitrogens with zero attached hydrogens (tertiary/aromatic N) is 1. The molecule has 0 amide bonds. The van der Waals surface area contributed by atoms with Gasteiger partial charge in [0.05, 0.1) is 5.84 Å². The first-order valence-electron chi connectivity index (χ1n) is 5.70. The highest BCUT2D eigenvalue weighted by molar-refractivity contribution is 5.79. The summed E-state index contributed by atoms with van der Waals surface area (Å²) in [4.78, 5) is 2.20. The molecule has 0 aliphatic carbocycles. The van der Waals surface area contributed by atoms with Crippen LogP contribution in [0.3, 0.4) is 0 Å². The Kier molecular flexibility index (Phi) is 3.05. The van der Waals surface area contributed by atoms with Gasteiger partial charge in [0.2, 0.25) is 0 Å². The van der Waals surface area contributed by atoms with E-state index in [-0.39, 0.29) is 0 Å². The van der Waals surface area contributed by atoms with Gasteiger partial charge in [-0.15, -0.1) is 0 Å². The third-order valence-corrected chi connectivity index (χ3v) is 3.00. The van der Waals surface area contributed by atoms with Gasteiger partial charge in [0.25, 0.3) is 0 Å². The molecule has 0 aromatic heterocycles. The van der Waals surface area contributed by atoms with Crippen LogP contribution < -0.4 is 0 Å². The highest BCUT2D eigenvalue weighted by Crippen LogP contribution is 2.19. The van der Waals surface area contributed by atoms with Gasteiger partial charge in [-0.1, -0.05) is 31.2 Å². The second kappa shape index (κ2) is 4.47. The SMILES string of the molecule is CCCC(=N)N1CCc2ccccc2C1. The monoisotopic (exact) mass is 202 g/mol. The molecule has 0 saturated heterocycles. The summed E-state index contributed by atoms with van der Waals surface area (Å²) in [6.07, 6.45) is 3.06. The Hall–Kier alpha value is -1.31. The van der Waals surface area contributed by atoms with E-state index in [9.17, 15) is 0 Å². The zero-order chi connectivity index (χ0) is 10.7. The van der Waals surface area contributed by atoms with E-state index < -0.39 is 0 Å². The van der Waals surface area contributed by atoms with E-state index in [1.807, 2.05) is 0 Å². The molecule has 2 rings (SSSR count). The van der Waals surface area contributed by atoms with Crippen LogP contribution in [0.15, 0.2) is 24.3 Å². The van der Waals surface area contributed by atoms with Gasteiger partial charge in [-0.25, -0.2) is 0 Å². The van der Waals surface area contributed by atoms with Gasteiger partial charge in [0.1, 0.15) is 0 Å². The molecule has 0 fully saturated rings. The Balaban J connectivity index is 2.08. The Morgan fingerprint density at radius 2 is 2.07 bits per heavy atom. The molecule has 1 aliphatic heterocycles. The van der Waals surface area contributed by atoms with E-state index in [0.29, 0.717) is 0 Å². The van der Waals surface area contributed by atoms with Crippen molar-refractivity contribution in [3.63, 3.8) is 0 Å². The minimum absolute atomic E-state index is 0.798. The average molecular weight is 202 g/mol. The minimum atomic E-state index is 0.798. The van der Waals surface area contributed by atoms with Crippen molar-refractivity contribution in [2.24, 2.45) is 0 Å². The van der Waals surface area contributed by atoms with Crippen molar-refractivity contribution in [1.82, 2.24) is 4.90 Å². The summed E-state index contributed by atoms with van der Waals surface area (Å²) < 4.78 is 0. The van der Waals surface area contributed by atoms with Crippen molar-refractivity contribution in [3.05, 3.63) is 35.4 Å². The third kappa shape index (κ3) is 2.20. The number of hydrogen-bond donors (Lipinski definition) is 1. The lowest BCUT2D eigenvalue weighted by Gasteiger charge is -2.30. The number of nitrogens with one attached hydrogen (secondary N) is 1. The zero-order valence-corrected chi connectivity index (χ0v) is 9.29. The molecule has 0 spiro atoms. The molecule has 0 radical (unpaired) electrons. The summed E-state index contributed by atoms with van der Waals surface area (Å²) in [5, 5.41) is 7.95. The largest absolute Gasteiger partial charge is 0.356 e. The van der Waals surface area contributed by atoms with Crippen molar-refractivity contribution < 1.29 is 0 Å². The minimum Gasteiger partial charge on any atom is -0.356 e. The van der Waals surface area contributed by atoms with E-state index in [4.69, 9.17) is 5.41 Å². The van der Waals surface area contributed by atoms with Crippen molar-refractivity contribution in [3.8, 4) is 0 Å². The number of hydrogen-bond acceptors (Lipinski definition) is 1. The molecular weight excluding hydrogens is 184 g/mol. The van der Waals surface area contributed by atoms with E-state index in [2.05, 4.69) is 36.1 Å². The van der Waals surface area contributed by atoms with Gasteiger partial charge in [0.15, 0.2) is 0 Å². The van der Waals surface area contributed by atoms with E-state index in [0.717, 1.165) is 38.2 Å². The van der Waals surface area contributed by atoms with Crippen LogP contribution >= 0.6 is 0 Å². The van der Waals surface area contributed by atoms with Gasteiger partial charge < -0.3 is 4.90 Å². The second-order valence-corrected chi connectivity index (χ2v) is 4.14. The first-order chi connectivity index (χ1) is 7.31. The number of fused-ring (bicyclic) bond motifs is 1. The average Bonchev–Trinajstić information content (AvgIpc) is 2.29. The number of rotatable bonds is 2. The molecule has 0 bridgehead atoms. The quantitative estimate of drug-likeness (QED) is 0.579. The van der Waals surface area contributed by atoms with Gasteiger partial charge in [-0.05, 0) is 24.0 Å². The smallest absolute Gasteiger partial charge is 0.0960 e. The normalized spacial score (nSPS) is 14.9. The first kappa shape index (κ1) is 10.2. The Labute approximate surface area is 91.4 Å². The number of amidine groups is 1. The molecule has 0 atom stereocenters. The van der Waals surface area contributed by atoms with Crippen LogP contribution in [0.4, 0.5) is 0 Å². The highest BCUT2D eigenvalue weighted by atomic mass is 15.2. The second-order valence-electron chi connectivity index (χ2n) is 4.14. The molecule has 1 aromatic rings. The van der Waals surface area contributed by atoms with Crippen LogP contribution in [0.2, 0.25) is 0 Å². The summed E-state index contributed by atoms with van der Waals surface area (Å²) in [5.74, 6) is 0.798. The standard InChI is InChI=1S/C13H18N2/c1-2-5-13(14)15-9-8-11-6-3-4-7-12(11)10-15/h3-4,6-7,14H,2,5,8-10H2,1H3. The van der Waals surface area contributed by atoms with E-state index in [1.54, 1.807) is 0 Å². The predicted molar refractivity (Wildman–Crippen MR) is 63.2 cm³/mol. The van der Waals surface area contributed by atoms with Crippen LogP contribution in [0.1, 0.15) is 30.9 Å². The van der Waals surface area contributed by atoms with Gasteiger partial charge >= 0.3 is 0 Å². The van der Waals surface area contributed by atoms with E-state index in [1.165, 1.54) is 11.1 Å². The molecule has 0 saturated carbocycles. The predicted octanol–water partition coefficient (Wildman–Crippen LogP) is 2.82. The molecule has 1 aliphatic rings. The van der Waals surface area contributed by atoms with Gasteiger partial charge in [-0.3, -0.25) is 5.41 Å². The van der Waals surface area contributed by atoms with Crippen molar-refractivity contribution in [1.29, 1.82) is 5.41 Å². The summed E-state index contributed by atoms with van der Waals surface area (Å²) in [5.41, 5.74) is 2.85. The summed E-state index contributed by atoms with van der Waals surface area (Å²) in [6.45, 7) is 4.07. The highest BCUT2D eigenvalue weighted by Gasteiger charge is 2.16. The molecular formula is C13H18N2. The maximum atomic E-state index is 7.95. The zero-order valence-electron chi connectivity index (χ0n) is 9.29. The molecule has 1 N–H and O–H groups in total. The topological polar surface area (TPSA) is 27.1 Å². The summed E-state index contributed by atoms with van der Waals surface area (Å²) in [7, 11) is 0. The lowest BCUT2D eigenvalue weighted by atomic mass is 9.99. The van der Waals surface area contributed by atoms with E-state index >= 15 is 0 Å². The molecule has 1 aromatic carbocycles. The van der Waals surface area contributed by atoms with Crippen molar-refractivity contribution >= 4 is 5.84 Å².